The molecule has 0 bridgehead atoms. The van der Waals surface area contributed by atoms with Crippen molar-refractivity contribution in [3.63, 3.8) is 0 Å². The lowest BCUT2D eigenvalue weighted by molar-refractivity contribution is 0.184. The maximum atomic E-state index is 5.03. The number of ether oxygens (including phenoxy) is 1. The number of nitrogens with one attached hydrogen (secondary N) is 1. The number of fused-ring (bicyclic) bond motifs is 1. The third-order valence-corrected chi connectivity index (χ3v) is 2.04. The van der Waals surface area contributed by atoms with Crippen molar-refractivity contribution in [1.29, 1.82) is 0 Å². The minimum absolute atomic E-state index is 0.653. The predicted octanol–water partition coefficient (Wildman–Crippen LogP) is 0.831. The first-order chi connectivity index (χ1) is 5.90. The molecule has 2 heterocycles. The molecule has 3 nitrogen and oxygen atoms in total. The molecule has 0 aliphatic carbocycles. The number of methoxy groups -OCH3 is 1. The quantitative estimate of drug-likeness (QED) is 0.703. The number of pyridine rings is 1. The smallest absolute Gasteiger partial charge is 0.0728 e. The van der Waals surface area contributed by atoms with Gasteiger partial charge in [0.05, 0.1) is 12.3 Å². The summed E-state index contributed by atoms with van der Waals surface area (Å²) in [5.41, 5.74) is 3.64. The summed E-state index contributed by atoms with van der Waals surface area (Å²) in [6.07, 6.45) is 1.88. The maximum Gasteiger partial charge on any atom is 0.0728 e. The van der Waals surface area contributed by atoms with Gasteiger partial charge in [-0.15, -0.1) is 0 Å². The van der Waals surface area contributed by atoms with E-state index < -0.39 is 0 Å². The fourth-order valence-electron chi connectivity index (χ4n) is 1.46. The molecule has 0 radical (unpaired) electrons. The van der Waals surface area contributed by atoms with Gasteiger partial charge in [0.15, 0.2) is 0 Å². The highest BCUT2D eigenvalue weighted by Gasteiger charge is 2.10. The fraction of sp³-hybridized carbons (Fsp3) is 0.444. The van der Waals surface area contributed by atoms with Crippen molar-refractivity contribution in [3.8, 4) is 0 Å². The van der Waals surface area contributed by atoms with Gasteiger partial charge in [-0.2, -0.15) is 0 Å². The first-order valence-electron chi connectivity index (χ1n) is 4.06. The number of rotatable bonds is 2. The molecule has 1 aromatic heterocycles. The van der Waals surface area contributed by atoms with E-state index in [1.54, 1.807) is 7.11 Å². The van der Waals surface area contributed by atoms with E-state index in [1.165, 1.54) is 11.3 Å². The summed E-state index contributed by atoms with van der Waals surface area (Å²) >= 11 is 0. The highest BCUT2D eigenvalue weighted by Crippen LogP contribution is 2.14. The minimum atomic E-state index is 0.653. The first-order valence-corrected chi connectivity index (χ1v) is 4.06. The monoisotopic (exact) mass is 164 g/mol. The zero-order valence-corrected chi connectivity index (χ0v) is 7.13. The van der Waals surface area contributed by atoms with Crippen molar-refractivity contribution in [3.05, 3.63) is 29.1 Å². The second kappa shape index (κ2) is 3.21. The Labute approximate surface area is 71.8 Å². The molecule has 1 aliphatic rings. The van der Waals surface area contributed by atoms with E-state index in [2.05, 4.69) is 16.4 Å². The Morgan fingerprint density at radius 2 is 2.50 bits per heavy atom. The van der Waals surface area contributed by atoms with E-state index in [4.69, 9.17) is 4.74 Å². The van der Waals surface area contributed by atoms with Crippen molar-refractivity contribution in [2.24, 2.45) is 0 Å². The van der Waals surface area contributed by atoms with Crippen LogP contribution >= 0.6 is 0 Å². The molecule has 0 unspecified atom stereocenters. The Morgan fingerprint density at radius 3 is 3.33 bits per heavy atom. The summed E-state index contributed by atoms with van der Waals surface area (Å²) in [7, 11) is 1.70. The summed E-state index contributed by atoms with van der Waals surface area (Å²) in [5, 5.41) is 3.25. The van der Waals surface area contributed by atoms with Crippen LogP contribution in [0, 0.1) is 0 Å². The Hall–Kier alpha value is -0.930. The van der Waals surface area contributed by atoms with Gasteiger partial charge in [0.2, 0.25) is 0 Å². The molecule has 0 spiro atoms. The molecule has 3 heteroatoms. The number of nitrogens with zero attached hydrogens (tertiary/aromatic N) is 1. The second-order valence-electron chi connectivity index (χ2n) is 2.99. The summed E-state index contributed by atoms with van der Waals surface area (Å²) in [5.74, 6) is 0. The van der Waals surface area contributed by atoms with Gasteiger partial charge >= 0.3 is 0 Å². The van der Waals surface area contributed by atoms with Crippen LogP contribution in [0.3, 0.4) is 0 Å². The molecule has 0 saturated heterocycles. The molecule has 1 aromatic rings. The molecule has 0 amide bonds. The SMILES string of the molecule is COCc1cnc2c(c1)CNC2. The second-order valence-corrected chi connectivity index (χ2v) is 2.99. The van der Waals surface area contributed by atoms with Crippen LogP contribution in [0.4, 0.5) is 0 Å². The zero-order valence-electron chi connectivity index (χ0n) is 7.13. The molecular formula is C9H12N2O. The van der Waals surface area contributed by atoms with Gasteiger partial charge in [0.25, 0.3) is 0 Å². The van der Waals surface area contributed by atoms with Crippen molar-refractivity contribution < 1.29 is 4.74 Å². The van der Waals surface area contributed by atoms with Gasteiger partial charge in [-0.25, -0.2) is 0 Å². The minimum Gasteiger partial charge on any atom is -0.380 e. The van der Waals surface area contributed by atoms with Crippen LogP contribution in [0.2, 0.25) is 0 Å². The molecule has 0 saturated carbocycles. The van der Waals surface area contributed by atoms with E-state index in [1.807, 2.05) is 6.20 Å². The molecule has 12 heavy (non-hydrogen) atoms. The molecule has 1 N–H and O–H groups in total. The molecule has 2 rings (SSSR count). The van der Waals surface area contributed by atoms with E-state index in [0.717, 1.165) is 18.7 Å². The number of hydrogen-bond acceptors (Lipinski definition) is 3. The molecule has 64 valence electrons. The number of aromatic nitrogens is 1. The molecule has 0 fully saturated rings. The summed E-state index contributed by atoms with van der Waals surface area (Å²) in [6, 6.07) is 2.16. The highest BCUT2D eigenvalue weighted by atomic mass is 16.5. The lowest BCUT2D eigenvalue weighted by Crippen LogP contribution is -2.00. The molecular weight excluding hydrogens is 152 g/mol. The number of hydrogen-bond donors (Lipinski definition) is 1. The van der Waals surface area contributed by atoms with Crippen LogP contribution in [0.25, 0.3) is 0 Å². The van der Waals surface area contributed by atoms with Crippen molar-refractivity contribution in [2.75, 3.05) is 7.11 Å². The Bertz CT molecular complexity index is 286. The average molecular weight is 164 g/mol. The molecule has 1 aliphatic heterocycles. The largest absolute Gasteiger partial charge is 0.380 e. The topological polar surface area (TPSA) is 34.1 Å². The average Bonchev–Trinajstić information content (AvgIpc) is 2.51. The van der Waals surface area contributed by atoms with Gasteiger partial charge in [-0.1, -0.05) is 0 Å². The van der Waals surface area contributed by atoms with Crippen LogP contribution in [0.5, 0.6) is 0 Å². The maximum absolute atomic E-state index is 5.03. The van der Waals surface area contributed by atoms with Gasteiger partial charge in [-0.05, 0) is 17.2 Å². The van der Waals surface area contributed by atoms with E-state index in [0.29, 0.717) is 6.61 Å². The van der Waals surface area contributed by atoms with Gasteiger partial charge in [-0.3, -0.25) is 4.98 Å². The standard InChI is InChI=1S/C9H12N2O/c1-12-6-7-2-8-4-10-5-9(8)11-3-7/h2-3,10H,4-6H2,1H3. The molecule has 0 atom stereocenters. The fourth-order valence-corrected chi connectivity index (χ4v) is 1.46. The van der Waals surface area contributed by atoms with Crippen molar-refractivity contribution in [2.45, 2.75) is 19.7 Å². The van der Waals surface area contributed by atoms with Crippen LogP contribution in [0.1, 0.15) is 16.8 Å². The summed E-state index contributed by atoms with van der Waals surface area (Å²) < 4.78 is 5.03. The van der Waals surface area contributed by atoms with Crippen molar-refractivity contribution >= 4 is 0 Å². The highest BCUT2D eigenvalue weighted by molar-refractivity contribution is 5.27. The zero-order chi connectivity index (χ0) is 8.39. The Morgan fingerprint density at radius 1 is 1.58 bits per heavy atom. The lowest BCUT2D eigenvalue weighted by Gasteiger charge is -2.01. The Kier molecular flexibility index (Phi) is 2.06. The normalized spacial score (nSPS) is 14.8. The van der Waals surface area contributed by atoms with E-state index >= 15 is 0 Å². The Balaban J connectivity index is 2.26. The van der Waals surface area contributed by atoms with Gasteiger partial charge in [0.1, 0.15) is 0 Å². The van der Waals surface area contributed by atoms with Gasteiger partial charge in [0, 0.05) is 26.4 Å². The van der Waals surface area contributed by atoms with Crippen molar-refractivity contribution in [1.82, 2.24) is 10.3 Å². The summed E-state index contributed by atoms with van der Waals surface area (Å²) in [6.45, 7) is 2.50. The summed E-state index contributed by atoms with van der Waals surface area (Å²) in [4.78, 5) is 4.34. The third-order valence-electron chi connectivity index (χ3n) is 2.04. The van der Waals surface area contributed by atoms with E-state index in [9.17, 15) is 0 Å². The molecule has 0 aromatic carbocycles. The van der Waals surface area contributed by atoms with Gasteiger partial charge < -0.3 is 10.1 Å². The van der Waals surface area contributed by atoms with E-state index in [-0.39, 0.29) is 0 Å². The van der Waals surface area contributed by atoms with Crippen LogP contribution in [0.15, 0.2) is 12.3 Å². The van der Waals surface area contributed by atoms with Crippen LogP contribution in [-0.2, 0) is 24.4 Å². The predicted molar refractivity (Wildman–Crippen MR) is 45.5 cm³/mol. The van der Waals surface area contributed by atoms with Crippen LogP contribution < -0.4 is 5.32 Å². The first kappa shape index (κ1) is 7.71. The lowest BCUT2D eigenvalue weighted by atomic mass is 10.2. The third kappa shape index (κ3) is 1.33. The van der Waals surface area contributed by atoms with Crippen LogP contribution in [-0.4, -0.2) is 12.1 Å².